The summed E-state index contributed by atoms with van der Waals surface area (Å²) in [5.41, 5.74) is 0. The van der Waals surface area contributed by atoms with Crippen LogP contribution in [-0.4, -0.2) is 36.2 Å². The number of amides is 2. The molecule has 1 aliphatic rings. The molecular weight excluding hydrogens is 272 g/mol. The van der Waals surface area contributed by atoms with E-state index < -0.39 is 0 Å². The SMILES string of the molecule is CC(CNC(=O)NC1CCSCC1)Oc1ccccc1. The van der Waals surface area contributed by atoms with Gasteiger partial charge < -0.3 is 15.4 Å². The fourth-order valence-electron chi connectivity index (χ4n) is 2.09. The van der Waals surface area contributed by atoms with Crippen LogP contribution in [0.3, 0.4) is 0 Å². The number of nitrogens with one attached hydrogen (secondary N) is 2. The first kappa shape index (κ1) is 15.0. The van der Waals surface area contributed by atoms with E-state index in [0.717, 1.165) is 30.1 Å². The maximum atomic E-state index is 11.8. The number of hydrogen-bond acceptors (Lipinski definition) is 3. The molecule has 4 nitrogen and oxygen atoms in total. The van der Waals surface area contributed by atoms with Gasteiger partial charge in [-0.2, -0.15) is 11.8 Å². The van der Waals surface area contributed by atoms with Crippen molar-refractivity contribution in [3.8, 4) is 5.75 Å². The minimum Gasteiger partial charge on any atom is -0.489 e. The molecule has 5 heteroatoms. The third-order valence-corrected chi connectivity index (χ3v) is 4.24. The molecule has 2 rings (SSSR count). The number of carbonyl (C=O) groups is 1. The third kappa shape index (κ3) is 5.33. The number of rotatable bonds is 5. The van der Waals surface area contributed by atoms with Gasteiger partial charge in [0, 0.05) is 6.04 Å². The van der Waals surface area contributed by atoms with Crippen LogP contribution in [0, 0.1) is 0 Å². The van der Waals surface area contributed by atoms with Gasteiger partial charge in [-0.3, -0.25) is 0 Å². The Bertz CT molecular complexity index is 408. The lowest BCUT2D eigenvalue weighted by Crippen LogP contribution is -2.46. The van der Waals surface area contributed by atoms with Crippen molar-refractivity contribution in [2.45, 2.75) is 31.9 Å². The highest BCUT2D eigenvalue weighted by Crippen LogP contribution is 2.16. The summed E-state index contributed by atoms with van der Waals surface area (Å²) in [5.74, 6) is 3.10. The van der Waals surface area contributed by atoms with E-state index in [2.05, 4.69) is 10.6 Å². The fourth-order valence-corrected chi connectivity index (χ4v) is 3.19. The van der Waals surface area contributed by atoms with Gasteiger partial charge in [0.2, 0.25) is 0 Å². The zero-order chi connectivity index (χ0) is 14.2. The quantitative estimate of drug-likeness (QED) is 0.878. The number of ether oxygens (including phenoxy) is 1. The molecule has 1 aromatic rings. The molecule has 0 aromatic heterocycles. The van der Waals surface area contributed by atoms with E-state index in [9.17, 15) is 4.79 Å². The Morgan fingerprint density at radius 3 is 2.75 bits per heavy atom. The van der Waals surface area contributed by atoms with E-state index in [0.29, 0.717) is 12.6 Å². The number of urea groups is 1. The highest BCUT2D eigenvalue weighted by molar-refractivity contribution is 7.99. The van der Waals surface area contributed by atoms with E-state index in [-0.39, 0.29) is 12.1 Å². The molecule has 2 amide bonds. The Morgan fingerprint density at radius 2 is 2.05 bits per heavy atom. The summed E-state index contributed by atoms with van der Waals surface area (Å²) in [7, 11) is 0. The average molecular weight is 294 g/mol. The van der Waals surface area contributed by atoms with Crippen molar-refractivity contribution in [2.24, 2.45) is 0 Å². The summed E-state index contributed by atoms with van der Waals surface area (Å²) in [4.78, 5) is 11.8. The summed E-state index contributed by atoms with van der Waals surface area (Å²) >= 11 is 1.95. The summed E-state index contributed by atoms with van der Waals surface area (Å²) < 4.78 is 5.71. The Balaban J connectivity index is 1.64. The molecule has 110 valence electrons. The van der Waals surface area contributed by atoms with E-state index >= 15 is 0 Å². The van der Waals surface area contributed by atoms with Gasteiger partial charge in [-0.05, 0) is 43.4 Å². The average Bonchev–Trinajstić information content (AvgIpc) is 2.47. The minimum absolute atomic E-state index is 0.0509. The number of para-hydroxylation sites is 1. The maximum Gasteiger partial charge on any atom is 0.315 e. The number of carbonyl (C=O) groups excluding carboxylic acids is 1. The van der Waals surface area contributed by atoms with Crippen LogP contribution in [-0.2, 0) is 0 Å². The smallest absolute Gasteiger partial charge is 0.315 e. The van der Waals surface area contributed by atoms with Crippen LogP contribution < -0.4 is 15.4 Å². The molecule has 20 heavy (non-hydrogen) atoms. The van der Waals surface area contributed by atoms with Crippen LogP contribution >= 0.6 is 11.8 Å². The van der Waals surface area contributed by atoms with Crippen LogP contribution in [0.25, 0.3) is 0 Å². The van der Waals surface area contributed by atoms with Gasteiger partial charge in [-0.1, -0.05) is 18.2 Å². The van der Waals surface area contributed by atoms with Crippen molar-refractivity contribution in [1.29, 1.82) is 0 Å². The van der Waals surface area contributed by atoms with Crippen molar-refractivity contribution >= 4 is 17.8 Å². The first-order valence-electron chi connectivity index (χ1n) is 7.08. The molecule has 0 saturated carbocycles. The molecule has 1 atom stereocenters. The van der Waals surface area contributed by atoms with Gasteiger partial charge in [-0.25, -0.2) is 4.79 Å². The zero-order valence-corrected chi connectivity index (χ0v) is 12.6. The predicted molar refractivity (Wildman–Crippen MR) is 83.4 cm³/mol. The minimum atomic E-state index is -0.0922. The molecule has 0 bridgehead atoms. The number of thioether (sulfide) groups is 1. The Labute approximate surface area is 124 Å². The van der Waals surface area contributed by atoms with E-state index in [1.165, 1.54) is 0 Å². The van der Waals surface area contributed by atoms with Crippen molar-refractivity contribution in [2.75, 3.05) is 18.1 Å². The highest BCUT2D eigenvalue weighted by atomic mass is 32.2. The second-order valence-corrected chi connectivity index (χ2v) is 6.21. The molecule has 0 radical (unpaired) electrons. The fraction of sp³-hybridized carbons (Fsp3) is 0.533. The van der Waals surface area contributed by atoms with Crippen LogP contribution in [0.5, 0.6) is 5.75 Å². The van der Waals surface area contributed by atoms with Gasteiger partial charge in [0.15, 0.2) is 0 Å². The van der Waals surface area contributed by atoms with Crippen LogP contribution in [0.4, 0.5) is 4.79 Å². The van der Waals surface area contributed by atoms with Crippen molar-refractivity contribution in [1.82, 2.24) is 10.6 Å². The van der Waals surface area contributed by atoms with Gasteiger partial charge in [0.1, 0.15) is 11.9 Å². The summed E-state index contributed by atoms with van der Waals surface area (Å²) in [6.45, 7) is 2.45. The van der Waals surface area contributed by atoms with Crippen LogP contribution in [0.15, 0.2) is 30.3 Å². The van der Waals surface area contributed by atoms with E-state index in [4.69, 9.17) is 4.74 Å². The normalized spacial score (nSPS) is 17.2. The zero-order valence-electron chi connectivity index (χ0n) is 11.8. The lowest BCUT2D eigenvalue weighted by molar-refractivity contribution is 0.205. The Hall–Kier alpha value is -1.36. The van der Waals surface area contributed by atoms with Gasteiger partial charge in [0.05, 0.1) is 6.54 Å². The van der Waals surface area contributed by atoms with Crippen molar-refractivity contribution in [3.05, 3.63) is 30.3 Å². The molecule has 2 N–H and O–H groups in total. The highest BCUT2D eigenvalue weighted by Gasteiger charge is 2.16. The first-order valence-corrected chi connectivity index (χ1v) is 8.23. The topological polar surface area (TPSA) is 50.4 Å². The molecular formula is C15H22N2O2S. The molecule has 1 unspecified atom stereocenters. The number of hydrogen-bond donors (Lipinski definition) is 2. The van der Waals surface area contributed by atoms with Crippen molar-refractivity contribution in [3.63, 3.8) is 0 Å². The largest absolute Gasteiger partial charge is 0.489 e. The Morgan fingerprint density at radius 1 is 1.35 bits per heavy atom. The molecule has 1 aromatic carbocycles. The molecule has 0 spiro atoms. The molecule has 0 aliphatic carbocycles. The summed E-state index contributed by atoms with van der Waals surface area (Å²) in [5, 5.41) is 5.89. The second kappa shape index (κ2) is 8.04. The molecule has 1 saturated heterocycles. The summed E-state index contributed by atoms with van der Waals surface area (Å²) in [6.07, 6.45) is 2.08. The van der Waals surface area contributed by atoms with Gasteiger partial charge >= 0.3 is 6.03 Å². The van der Waals surface area contributed by atoms with E-state index in [1.54, 1.807) is 0 Å². The van der Waals surface area contributed by atoms with Crippen molar-refractivity contribution < 1.29 is 9.53 Å². The molecule has 1 fully saturated rings. The standard InChI is InChI=1S/C15H22N2O2S/c1-12(19-14-5-3-2-4-6-14)11-16-15(18)17-13-7-9-20-10-8-13/h2-6,12-13H,7-11H2,1H3,(H2,16,17,18). The van der Waals surface area contributed by atoms with Gasteiger partial charge in [-0.15, -0.1) is 0 Å². The van der Waals surface area contributed by atoms with Crippen LogP contribution in [0.1, 0.15) is 19.8 Å². The third-order valence-electron chi connectivity index (χ3n) is 3.19. The second-order valence-electron chi connectivity index (χ2n) is 4.98. The van der Waals surface area contributed by atoms with E-state index in [1.807, 2.05) is 49.0 Å². The first-order chi connectivity index (χ1) is 9.74. The summed E-state index contributed by atoms with van der Waals surface area (Å²) in [6, 6.07) is 9.87. The maximum absolute atomic E-state index is 11.8. The number of benzene rings is 1. The monoisotopic (exact) mass is 294 g/mol. The lowest BCUT2D eigenvalue weighted by atomic mass is 10.2. The van der Waals surface area contributed by atoms with Crippen LogP contribution in [0.2, 0.25) is 0 Å². The van der Waals surface area contributed by atoms with Gasteiger partial charge in [0.25, 0.3) is 0 Å². The molecule has 1 heterocycles. The Kier molecular flexibility index (Phi) is 6.05. The predicted octanol–water partition coefficient (Wildman–Crippen LogP) is 2.65. The lowest BCUT2D eigenvalue weighted by Gasteiger charge is -2.23. The molecule has 1 aliphatic heterocycles.